The second kappa shape index (κ2) is 5.05. The first-order valence-corrected chi connectivity index (χ1v) is 7.37. The van der Waals surface area contributed by atoms with Crippen LogP contribution in [0.15, 0.2) is 47.4 Å². The second-order valence-electron chi connectivity index (χ2n) is 5.25. The van der Waals surface area contributed by atoms with Gasteiger partial charge in [-0.1, -0.05) is 12.1 Å². The summed E-state index contributed by atoms with van der Waals surface area (Å²) in [4.78, 5) is 16.7. The molecule has 7 heteroatoms. The summed E-state index contributed by atoms with van der Waals surface area (Å²) in [5, 5.41) is 4.30. The van der Waals surface area contributed by atoms with Crippen molar-refractivity contribution in [2.75, 3.05) is 0 Å². The molecule has 0 aliphatic rings. The van der Waals surface area contributed by atoms with Gasteiger partial charge in [0, 0.05) is 12.7 Å². The maximum Gasteiger partial charge on any atom is 0.350 e. The first-order chi connectivity index (χ1) is 11.2. The molecule has 0 saturated heterocycles. The zero-order chi connectivity index (χ0) is 16.0. The van der Waals surface area contributed by atoms with E-state index in [1.807, 2.05) is 23.6 Å². The summed E-state index contributed by atoms with van der Waals surface area (Å²) in [7, 11) is 0. The van der Waals surface area contributed by atoms with Gasteiger partial charge in [-0.15, -0.1) is 5.10 Å². The number of para-hydroxylation sites is 1. The van der Waals surface area contributed by atoms with Crippen molar-refractivity contribution in [1.29, 1.82) is 0 Å². The summed E-state index contributed by atoms with van der Waals surface area (Å²) in [6.45, 7) is 2.79. The summed E-state index contributed by atoms with van der Waals surface area (Å²) < 4.78 is 18.7. The quantitative estimate of drug-likeness (QED) is 0.582. The minimum atomic E-state index is -0.363. The number of halogens is 1. The zero-order valence-corrected chi connectivity index (χ0v) is 12.5. The van der Waals surface area contributed by atoms with E-state index in [1.54, 1.807) is 24.4 Å². The van der Waals surface area contributed by atoms with Crippen LogP contribution in [0.2, 0.25) is 0 Å². The smallest absolute Gasteiger partial charge is 0.327 e. The third-order valence-corrected chi connectivity index (χ3v) is 3.90. The summed E-state index contributed by atoms with van der Waals surface area (Å²) >= 11 is 0. The molecule has 4 rings (SSSR count). The number of aromatic nitrogens is 5. The number of hydrogen-bond acceptors (Lipinski definition) is 3. The van der Waals surface area contributed by atoms with Crippen molar-refractivity contribution in [3.63, 3.8) is 0 Å². The van der Waals surface area contributed by atoms with Crippen LogP contribution < -0.4 is 5.69 Å². The molecule has 0 aliphatic heterocycles. The Bertz CT molecular complexity index is 1080. The van der Waals surface area contributed by atoms with Gasteiger partial charge < -0.3 is 4.57 Å². The molecule has 1 aromatic carbocycles. The van der Waals surface area contributed by atoms with E-state index in [0.29, 0.717) is 23.5 Å². The van der Waals surface area contributed by atoms with Gasteiger partial charge >= 0.3 is 5.69 Å². The maximum atomic E-state index is 13.9. The number of fused-ring (bicyclic) bond motifs is 2. The van der Waals surface area contributed by atoms with E-state index in [1.165, 1.54) is 15.1 Å². The highest BCUT2D eigenvalue weighted by Gasteiger charge is 2.15. The van der Waals surface area contributed by atoms with Crippen molar-refractivity contribution in [2.45, 2.75) is 20.0 Å². The Labute approximate surface area is 130 Å². The average molecular weight is 311 g/mol. The maximum absolute atomic E-state index is 13.9. The van der Waals surface area contributed by atoms with Gasteiger partial charge in [0.2, 0.25) is 0 Å². The lowest BCUT2D eigenvalue weighted by Gasteiger charge is -2.05. The Morgan fingerprint density at radius 1 is 1.17 bits per heavy atom. The van der Waals surface area contributed by atoms with Crippen LogP contribution >= 0.6 is 0 Å². The molecule has 116 valence electrons. The van der Waals surface area contributed by atoms with Gasteiger partial charge in [-0.25, -0.2) is 18.9 Å². The van der Waals surface area contributed by atoms with Crippen LogP contribution in [0.1, 0.15) is 12.7 Å². The summed E-state index contributed by atoms with van der Waals surface area (Å²) in [6.07, 6.45) is 1.67. The fourth-order valence-corrected chi connectivity index (χ4v) is 2.84. The molecule has 0 aliphatic carbocycles. The molecule has 0 unspecified atom stereocenters. The van der Waals surface area contributed by atoms with Crippen molar-refractivity contribution >= 4 is 16.7 Å². The molecule has 0 bridgehead atoms. The third-order valence-electron chi connectivity index (χ3n) is 3.90. The van der Waals surface area contributed by atoms with Gasteiger partial charge in [0.05, 0.1) is 5.52 Å². The molecule has 0 atom stereocenters. The van der Waals surface area contributed by atoms with E-state index < -0.39 is 0 Å². The normalized spacial score (nSPS) is 11.6. The Kier molecular flexibility index (Phi) is 3.00. The number of nitrogens with zero attached hydrogens (tertiary/aromatic N) is 5. The van der Waals surface area contributed by atoms with E-state index in [0.717, 1.165) is 5.52 Å². The van der Waals surface area contributed by atoms with Crippen LogP contribution in [0, 0.1) is 5.82 Å². The summed E-state index contributed by atoms with van der Waals surface area (Å²) in [5.41, 5.74) is 1.37. The highest BCUT2D eigenvalue weighted by molar-refractivity contribution is 5.76. The van der Waals surface area contributed by atoms with Crippen molar-refractivity contribution in [2.24, 2.45) is 0 Å². The molecule has 0 fully saturated rings. The Morgan fingerprint density at radius 3 is 2.83 bits per heavy atom. The largest absolute Gasteiger partial charge is 0.350 e. The highest BCUT2D eigenvalue weighted by Crippen LogP contribution is 2.19. The van der Waals surface area contributed by atoms with Crippen LogP contribution in [0.25, 0.3) is 16.7 Å². The lowest BCUT2D eigenvalue weighted by Crippen LogP contribution is -2.23. The molecule has 6 nitrogen and oxygen atoms in total. The molecule has 0 N–H and O–H groups in total. The van der Waals surface area contributed by atoms with E-state index in [-0.39, 0.29) is 18.1 Å². The third kappa shape index (κ3) is 2.04. The van der Waals surface area contributed by atoms with E-state index in [2.05, 4.69) is 10.1 Å². The monoisotopic (exact) mass is 311 g/mol. The number of pyridine rings is 1. The average Bonchev–Trinajstić information content (AvgIpc) is 3.07. The first-order valence-electron chi connectivity index (χ1n) is 7.37. The Hall–Kier alpha value is -2.96. The first kappa shape index (κ1) is 13.7. The molecule has 0 saturated carbocycles. The molecule has 4 aromatic rings. The number of aryl methyl sites for hydroxylation is 1. The molecule has 3 aromatic heterocycles. The lowest BCUT2D eigenvalue weighted by molar-refractivity contribution is 0.597. The van der Waals surface area contributed by atoms with Crippen molar-refractivity contribution in [1.82, 2.24) is 23.7 Å². The van der Waals surface area contributed by atoms with Gasteiger partial charge in [0.15, 0.2) is 11.5 Å². The molecular weight excluding hydrogens is 297 g/mol. The van der Waals surface area contributed by atoms with Crippen molar-refractivity contribution in [3.8, 4) is 0 Å². The van der Waals surface area contributed by atoms with Gasteiger partial charge in [-0.2, -0.15) is 0 Å². The predicted octanol–water partition coefficient (Wildman–Crippen LogP) is 2.05. The summed E-state index contributed by atoms with van der Waals surface area (Å²) in [5.74, 6) is 0.247. The molecule has 0 radical (unpaired) electrons. The van der Waals surface area contributed by atoms with Gasteiger partial charge in [0.1, 0.15) is 17.9 Å². The lowest BCUT2D eigenvalue weighted by atomic mass is 10.3. The fraction of sp³-hybridized carbons (Fsp3) is 0.188. The predicted molar refractivity (Wildman–Crippen MR) is 83.9 cm³/mol. The Morgan fingerprint density at radius 2 is 2.04 bits per heavy atom. The van der Waals surface area contributed by atoms with Crippen LogP contribution in [0.3, 0.4) is 0 Å². The minimum absolute atomic E-state index is 0.197. The van der Waals surface area contributed by atoms with Crippen LogP contribution in [0.4, 0.5) is 4.39 Å². The van der Waals surface area contributed by atoms with Crippen molar-refractivity contribution < 1.29 is 4.39 Å². The number of imidazole rings is 1. The standard InChI is InChI=1S/C16H14FN5O/c1-2-20-12-7-5-6-11(17)15(12)18-14(20)10-22-16(23)21-9-4-3-8-13(21)19-22/h3-9H,2,10H2,1H3. The zero-order valence-electron chi connectivity index (χ0n) is 12.5. The number of rotatable bonds is 3. The van der Waals surface area contributed by atoms with E-state index in [4.69, 9.17) is 0 Å². The molecule has 3 heterocycles. The highest BCUT2D eigenvalue weighted by atomic mass is 19.1. The van der Waals surface area contributed by atoms with Crippen LogP contribution in [-0.2, 0) is 13.1 Å². The SMILES string of the molecule is CCn1c(Cn2nc3ccccn3c2=O)nc2c(F)cccc21. The molecule has 0 amide bonds. The van der Waals surface area contributed by atoms with Crippen LogP contribution in [-0.4, -0.2) is 23.7 Å². The second-order valence-corrected chi connectivity index (χ2v) is 5.25. The fourth-order valence-electron chi connectivity index (χ4n) is 2.84. The number of hydrogen-bond donors (Lipinski definition) is 0. The van der Waals surface area contributed by atoms with Crippen LogP contribution in [0.5, 0.6) is 0 Å². The molecular formula is C16H14FN5O. The van der Waals surface area contributed by atoms with E-state index >= 15 is 0 Å². The molecule has 23 heavy (non-hydrogen) atoms. The minimum Gasteiger partial charge on any atom is -0.327 e. The van der Waals surface area contributed by atoms with Gasteiger partial charge in [0.25, 0.3) is 0 Å². The summed E-state index contributed by atoms with van der Waals surface area (Å²) in [6, 6.07) is 10.2. The molecule has 0 spiro atoms. The topological polar surface area (TPSA) is 57.1 Å². The number of benzene rings is 1. The Balaban J connectivity index is 1.87. The van der Waals surface area contributed by atoms with Crippen molar-refractivity contribution in [3.05, 3.63) is 64.7 Å². The van der Waals surface area contributed by atoms with E-state index in [9.17, 15) is 9.18 Å². The van der Waals surface area contributed by atoms with Gasteiger partial charge in [-0.3, -0.25) is 4.40 Å². The van der Waals surface area contributed by atoms with Gasteiger partial charge in [-0.05, 0) is 31.2 Å².